The van der Waals surface area contributed by atoms with Crippen LogP contribution in [0.25, 0.3) is 21.7 Å². The van der Waals surface area contributed by atoms with Crippen molar-refractivity contribution in [3.8, 4) is 0 Å². The molecule has 4 nitrogen and oxygen atoms in total. The van der Waals surface area contributed by atoms with Gasteiger partial charge in [0.05, 0.1) is 0 Å². The fourth-order valence-corrected chi connectivity index (χ4v) is 3.96. The van der Waals surface area contributed by atoms with Crippen LogP contribution in [0.1, 0.15) is 12.5 Å². The maximum atomic E-state index is 11.9. The summed E-state index contributed by atoms with van der Waals surface area (Å²) in [6.45, 7) is 2.97. The van der Waals surface area contributed by atoms with Crippen molar-refractivity contribution in [2.24, 2.45) is 0 Å². The summed E-state index contributed by atoms with van der Waals surface area (Å²) in [5.74, 6) is 0.674. The highest BCUT2D eigenvalue weighted by atomic mass is 32.2. The van der Waals surface area contributed by atoms with Crippen LogP contribution in [0, 0.1) is 0 Å². The zero-order valence-electron chi connectivity index (χ0n) is 13.2. The minimum Gasteiger partial charge on any atom is -0.423 e. The van der Waals surface area contributed by atoms with Crippen molar-refractivity contribution < 1.29 is 4.42 Å². The molecule has 0 radical (unpaired) electrons. The number of aryl methyl sites for hydroxylation is 1. The van der Waals surface area contributed by atoms with E-state index in [9.17, 15) is 4.79 Å². The van der Waals surface area contributed by atoms with Gasteiger partial charge in [-0.2, -0.15) is 0 Å². The van der Waals surface area contributed by atoms with Crippen molar-refractivity contribution in [2.75, 3.05) is 0 Å². The molecule has 2 aromatic carbocycles. The Hall–Kier alpha value is -2.53. The number of imidazole rings is 1. The molecular weight excluding hydrogens is 320 g/mol. The van der Waals surface area contributed by atoms with Gasteiger partial charge in [0, 0.05) is 36.1 Å². The van der Waals surface area contributed by atoms with Gasteiger partial charge in [-0.15, -0.1) is 0 Å². The van der Waals surface area contributed by atoms with Crippen LogP contribution >= 0.6 is 11.8 Å². The molecule has 0 amide bonds. The topological polar surface area (TPSA) is 48.0 Å². The molecule has 0 N–H and O–H groups in total. The van der Waals surface area contributed by atoms with E-state index < -0.39 is 0 Å². The molecule has 5 heteroatoms. The molecule has 0 aliphatic heterocycles. The molecule has 0 saturated heterocycles. The van der Waals surface area contributed by atoms with E-state index in [1.807, 2.05) is 30.5 Å². The molecule has 0 spiro atoms. The van der Waals surface area contributed by atoms with Gasteiger partial charge < -0.3 is 8.98 Å². The van der Waals surface area contributed by atoms with Gasteiger partial charge in [0.15, 0.2) is 5.16 Å². The number of fused-ring (bicyclic) bond motifs is 3. The molecule has 4 aromatic rings. The molecule has 0 bridgehead atoms. The zero-order chi connectivity index (χ0) is 16.5. The van der Waals surface area contributed by atoms with Crippen LogP contribution in [-0.4, -0.2) is 9.55 Å². The molecule has 0 fully saturated rings. The van der Waals surface area contributed by atoms with Crippen LogP contribution in [0.3, 0.4) is 0 Å². The highest BCUT2D eigenvalue weighted by Crippen LogP contribution is 2.31. The SMILES string of the molecule is CCn1ccnc1SCc1cc(=O)oc2ccc3ccccc3c12. The van der Waals surface area contributed by atoms with Crippen molar-refractivity contribution >= 4 is 33.5 Å². The maximum Gasteiger partial charge on any atom is 0.336 e. The molecule has 0 atom stereocenters. The first-order chi connectivity index (χ1) is 11.8. The summed E-state index contributed by atoms with van der Waals surface area (Å²) in [4.78, 5) is 16.3. The summed E-state index contributed by atoms with van der Waals surface area (Å²) in [7, 11) is 0. The fourth-order valence-electron chi connectivity index (χ4n) is 2.95. The van der Waals surface area contributed by atoms with E-state index in [2.05, 4.69) is 28.6 Å². The summed E-state index contributed by atoms with van der Waals surface area (Å²) in [5, 5.41) is 4.21. The number of rotatable bonds is 4. The Morgan fingerprint density at radius 2 is 2.08 bits per heavy atom. The Bertz CT molecular complexity index is 1080. The van der Waals surface area contributed by atoms with Crippen molar-refractivity contribution in [2.45, 2.75) is 24.4 Å². The van der Waals surface area contributed by atoms with Crippen LogP contribution in [-0.2, 0) is 12.3 Å². The maximum absolute atomic E-state index is 11.9. The van der Waals surface area contributed by atoms with E-state index in [0.717, 1.165) is 33.4 Å². The second-order valence-corrected chi connectivity index (χ2v) is 6.48. The first-order valence-electron chi connectivity index (χ1n) is 7.84. The quantitative estimate of drug-likeness (QED) is 0.314. The van der Waals surface area contributed by atoms with Gasteiger partial charge in [-0.3, -0.25) is 0 Å². The van der Waals surface area contributed by atoms with E-state index in [4.69, 9.17) is 4.42 Å². The lowest BCUT2D eigenvalue weighted by Gasteiger charge is -2.09. The Morgan fingerprint density at radius 1 is 1.21 bits per heavy atom. The third-order valence-electron chi connectivity index (χ3n) is 4.09. The van der Waals surface area contributed by atoms with Crippen LogP contribution in [0.15, 0.2) is 69.2 Å². The minimum atomic E-state index is -0.313. The van der Waals surface area contributed by atoms with Crippen molar-refractivity contribution in [1.29, 1.82) is 0 Å². The van der Waals surface area contributed by atoms with Crippen LogP contribution in [0.4, 0.5) is 0 Å². The Labute approximate surface area is 143 Å². The summed E-state index contributed by atoms with van der Waals surface area (Å²) in [5.41, 5.74) is 1.30. The number of hydrogen-bond acceptors (Lipinski definition) is 4. The van der Waals surface area contributed by atoms with E-state index >= 15 is 0 Å². The van der Waals surface area contributed by atoms with Gasteiger partial charge in [-0.05, 0) is 29.3 Å². The molecule has 2 aromatic heterocycles. The molecule has 0 aliphatic carbocycles. The summed E-state index contributed by atoms with van der Waals surface area (Å²) < 4.78 is 7.50. The number of nitrogens with zero attached hydrogens (tertiary/aromatic N) is 2. The average molecular weight is 336 g/mol. The fraction of sp³-hybridized carbons (Fsp3) is 0.158. The molecule has 2 heterocycles. The number of aromatic nitrogens is 2. The molecule has 0 unspecified atom stereocenters. The van der Waals surface area contributed by atoms with Gasteiger partial charge in [-0.1, -0.05) is 42.1 Å². The molecular formula is C19H16N2O2S. The normalized spacial score (nSPS) is 11.4. The predicted molar refractivity (Wildman–Crippen MR) is 97.5 cm³/mol. The van der Waals surface area contributed by atoms with E-state index in [-0.39, 0.29) is 5.63 Å². The monoisotopic (exact) mass is 336 g/mol. The Kier molecular flexibility index (Phi) is 3.86. The van der Waals surface area contributed by atoms with Crippen molar-refractivity contribution in [3.05, 3.63) is 70.8 Å². The highest BCUT2D eigenvalue weighted by Gasteiger charge is 2.11. The van der Waals surface area contributed by atoms with Crippen LogP contribution in [0.5, 0.6) is 0 Å². The largest absolute Gasteiger partial charge is 0.423 e. The van der Waals surface area contributed by atoms with Gasteiger partial charge >= 0.3 is 5.63 Å². The lowest BCUT2D eigenvalue weighted by atomic mass is 10.0. The third kappa shape index (κ3) is 2.61. The standard InChI is InChI=1S/C19H16N2O2S/c1-2-21-10-9-20-19(21)24-12-14-11-17(22)23-16-8-7-13-5-3-4-6-15(13)18(14)16/h3-11H,2,12H2,1H3. The molecule has 4 rings (SSSR count). The predicted octanol–water partition coefficient (Wildman–Crippen LogP) is 4.45. The van der Waals surface area contributed by atoms with Crippen LogP contribution < -0.4 is 5.63 Å². The summed E-state index contributed by atoms with van der Waals surface area (Å²) >= 11 is 1.63. The highest BCUT2D eigenvalue weighted by molar-refractivity contribution is 7.98. The first-order valence-corrected chi connectivity index (χ1v) is 8.83. The molecule has 0 aliphatic rings. The van der Waals surface area contributed by atoms with E-state index in [1.54, 1.807) is 24.0 Å². The molecule has 0 saturated carbocycles. The van der Waals surface area contributed by atoms with E-state index in [1.165, 1.54) is 0 Å². The Morgan fingerprint density at radius 3 is 2.96 bits per heavy atom. The summed E-state index contributed by atoms with van der Waals surface area (Å²) in [6, 6.07) is 13.6. The minimum absolute atomic E-state index is 0.313. The number of thioether (sulfide) groups is 1. The van der Waals surface area contributed by atoms with Gasteiger partial charge in [-0.25, -0.2) is 9.78 Å². The zero-order valence-corrected chi connectivity index (χ0v) is 14.0. The molecule has 120 valence electrons. The number of hydrogen-bond donors (Lipinski definition) is 0. The lowest BCUT2D eigenvalue weighted by molar-refractivity contribution is 0.560. The van der Waals surface area contributed by atoms with Crippen molar-refractivity contribution in [3.63, 3.8) is 0 Å². The summed E-state index contributed by atoms with van der Waals surface area (Å²) in [6.07, 6.45) is 3.77. The molecule has 24 heavy (non-hydrogen) atoms. The first kappa shape index (κ1) is 15.0. The third-order valence-corrected chi connectivity index (χ3v) is 5.14. The second kappa shape index (κ2) is 6.17. The van der Waals surface area contributed by atoms with Crippen LogP contribution in [0.2, 0.25) is 0 Å². The van der Waals surface area contributed by atoms with Gasteiger partial charge in [0.2, 0.25) is 0 Å². The average Bonchev–Trinajstić information content (AvgIpc) is 3.06. The Balaban J connectivity index is 1.84. The lowest BCUT2D eigenvalue weighted by Crippen LogP contribution is -2.01. The van der Waals surface area contributed by atoms with Gasteiger partial charge in [0.1, 0.15) is 5.58 Å². The van der Waals surface area contributed by atoms with Gasteiger partial charge in [0.25, 0.3) is 0 Å². The number of benzene rings is 2. The second-order valence-electron chi connectivity index (χ2n) is 5.54. The van der Waals surface area contributed by atoms with Crippen molar-refractivity contribution in [1.82, 2.24) is 9.55 Å². The smallest absolute Gasteiger partial charge is 0.336 e. The van der Waals surface area contributed by atoms with E-state index in [0.29, 0.717) is 11.3 Å².